The molecule has 6 nitrogen and oxygen atoms in total. The molecular formula is C13H13BrClNO5. The Balaban J connectivity index is 2.26. The molecule has 1 aliphatic heterocycles. The Morgan fingerprint density at radius 2 is 2.00 bits per heavy atom. The molecule has 0 aliphatic carbocycles. The van der Waals surface area contributed by atoms with E-state index < -0.39 is 28.1 Å². The minimum absolute atomic E-state index is 0.218. The molecule has 1 aromatic heterocycles. The summed E-state index contributed by atoms with van der Waals surface area (Å²) in [5.74, 6) is 0. The van der Waals surface area contributed by atoms with Crippen LogP contribution in [0.5, 0.6) is 0 Å². The molecule has 5 N–H and O–H groups in total. The number of aromatic nitrogens is 1. The second-order valence-electron chi connectivity index (χ2n) is 4.95. The van der Waals surface area contributed by atoms with Crippen molar-refractivity contribution >= 4 is 38.4 Å². The van der Waals surface area contributed by atoms with Gasteiger partial charge in [0.05, 0.1) is 0 Å². The van der Waals surface area contributed by atoms with Crippen LogP contribution >= 0.6 is 27.5 Å². The standard InChI is InChI=1S/C13H13BrClNO5/c14-11(19)13(15)12(20,9(17)10(18)21-13)7-5-16-8-4-2-1-3-6(7)8/h1-5,9-11,16-20H/t9-,10-,11?,12-,13+/m0/s1. The van der Waals surface area contributed by atoms with Crippen molar-refractivity contribution in [1.82, 2.24) is 4.98 Å². The average molecular weight is 379 g/mol. The molecule has 2 heterocycles. The first kappa shape index (κ1) is 15.2. The topological polar surface area (TPSA) is 106 Å². The van der Waals surface area contributed by atoms with Gasteiger partial charge in [-0.05, 0) is 6.07 Å². The van der Waals surface area contributed by atoms with Crippen molar-refractivity contribution in [3.63, 3.8) is 0 Å². The first-order chi connectivity index (χ1) is 9.82. The van der Waals surface area contributed by atoms with Crippen LogP contribution in [0.2, 0.25) is 0 Å². The number of hydrogen-bond acceptors (Lipinski definition) is 5. The fraction of sp³-hybridized carbons (Fsp3) is 0.385. The predicted octanol–water partition coefficient (Wildman–Crippen LogP) is 0.713. The van der Waals surface area contributed by atoms with Gasteiger partial charge in [0.1, 0.15) is 6.10 Å². The van der Waals surface area contributed by atoms with Gasteiger partial charge in [-0.3, -0.25) is 0 Å². The normalized spacial score (nSPS) is 38.0. The molecule has 1 unspecified atom stereocenters. The Hall–Kier alpha value is -0.670. The fourth-order valence-electron chi connectivity index (χ4n) is 2.71. The van der Waals surface area contributed by atoms with Gasteiger partial charge in [-0.1, -0.05) is 45.7 Å². The first-order valence-electron chi connectivity index (χ1n) is 6.16. The Bertz CT molecular complexity index is 679. The molecule has 1 aromatic carbocycles. The lowest BCUT2D eigenvalue weighted by Gasteiger charge is -2.37. The molecule has 21 heavy (non-hydrogen) atoms. The van der Waals surface area contributed by atoms with Gasteiger partial charge in [0, 0.05) is 22.7 Å². The van der Waals surface area contributed by atoms with Crippen molar-refractivity contribution in [3.05, 3.63) is 36.0 Å². The van der Waals surface area contributed by atoms with E-state index in [9.17, 15) is 20.4 Å². The van der Waals surface area contributed by atoms with Gasteiger partial charge in [0.2, 0.25) is 5.06 Å². The van der Waals surface area contributed by atoms with Gasteiger partial charge in [-0.2, -0.15) is 0 Å². The number of halogens is 2. The third-order valence-corrected chi connectivity index (χ3v) is 5.31. The number of H-pyrrole nitrogens is 1. The summed E-state index contributed by atoms with van der Waals surface area (Å²) in [4.78, 5) is 2.94. The van der Waals surface area contributed by atoms with E-state index in [4.69, 9.17) is 16.3 Å². The van der Waals surface area contributed by atoms with E-state index in [1.54, 1.807) is 24.3 Å². The van der Waals surface area contributed by atoms with Crippen LogP contribution in [-0.2, 0) is 10.3 Å². The average Bonchev–Trinajstić information content (AvgIpc) is 2.95. The number of alkyl halides is 2. The highest BCUT2D eigenvalue weighted by molar-refractivity contribution is 9.09. The Kier molecular flexibility index (Phi) is 3.57. The Labute approximate surface area is 133 Å². The van der Waals surface area contributed by atoms with Crippen molar-refractivity contribution in [2.24, 2.45) is 0 Å². The summed E-state index contributed by atoms with van der Waals surface area (Å²) in [7, 11) is 0. The highest BCUT2D eigenvalue weighted by Crippen LogP contribution is 2.53. The smallest absolute Gasteiger partial charge is 0.215 e. The molecule has 8 heteroatoms. The van der Waals surface area contributed by atoms with Gasteiger partial charge in [0.25, 0.3) is 0 Å². The Morgan fingerprint density at radius 1 is 1.33 bits per heavy atom. The molecular weight excluding hydrogens is 366 g/mol. The van der Waals surface area contributed by atoms with Crippen LogP contribution in [-0.4, -0.2) is 47.9 Å². The number of aliphatic hydroxyl groups is 4. The van der Waals surface area contributed by atoms with Crippen LogP contribution in [0, 0.1) is 0 Å². The lowest BCUT2D eigenvalue weighted by molar-refractivity contribution is -0.153. The summed E-state index contributed by atoms with van der Waals surface area (Å²) in [5.41, 5.74) is -1.30. The van der Waals surface area contributed by atoms with E-state index >= 15 is 0 Å². The van der Waals surface area contributed by atoms with Crippen LogP contribution < -0.4 is 0 Å². The molecule has 5 atom stereocenters. The molecule has 1 aliphatic rings. The molecule has 1 saturated heterocycles. The maximum atomic E-state index is 11.0. The van der Waals surface area contributed by atoms with Gasteiger partial charge in [-0.15, -0.1) is 0 Å². The molecule has 0 amide bonds. The molecule has 0 saturated carbocycles. The lowest BCUT2D eigenvalue weighted by Crippen LogP contribution is -2.55. The summed E-state index contributed by atoms with van der Waals surface area (Å²) in [6.45, 7) is 0. The summed E-state index contributed by atoms with van der Waals surface area (Å²) in [6.07, 6.45) is -2.02. The number of nitrogens with one attached hydrogen (secondary N) is 1. The Morgan fingerprint density at radius 3 is 2.67 bits per heavy atom. The van der Waals surface area contributed by atoms with Crippen molar-refractivity contribution in [2.45, 2.75) is 28.1 Å². The monoisotopic (exact) mass is 377 g/mol. The molecule has 0 spiro atoms. The highest BCUT2D eigenvalue weighted by atomic mass is 79.9. The lowest BCUT2D eigenvalue weighted by atomic mass is 9.84. The zero-order valence-electron chi connectivity index (χ0n) is 10.6. The van der Waals surface area contributed by atoms with E-state index in [1.807, 2.05) is 0 Å². The van der Waals surface area contributed by atoms with Gasteiger partial charge >= 0.3 is 0 Å². The van der Waals surface area contributed by atoms with E-state index in [-0.39, 0.29) is 5.56 Å². The second-order valence-corrected chi connectivity index (χ2v) is 6.38. The SMILES string of the molecule is OC(Br)[C@@]1(Cl)O[C@H](O)[C@H](O)[C@@]1(O)c1c[nH]c2ccccc12. The number of aliphatic hydroxyl groups excluding tert-OH is 3. The summed E-state index contributed by atoms with van der Waals surface area (Å²) >= 11 is 9.04. The third-order valence-electron chi connectivity index (χ3n) is 3.82. The zero-order valence-corrected chi connectivity index (χ0v) is 12.9. The number of aromatic amines is 1. The van der Waals surface area contributed by atoms with E-state index in [0.29, 0.717) is 10.9 Å². The van der Waals surface area contributed by atoms with Crippen LogP contribution in [0.1, 0.15) is 5.56 Å². The quantitative estimate of drug-likeness (QED) is 0.495. The number of benzene rings is 1. The third kappa shape index (κ3) is 1.90. The van der Waals surface area contributed by atoms with Crippen LogP contribution in [0.4, 0.5) is 0 Å². The van der Waals surface area contributed by atoms with Crippen LogP contribution in [0.3, 0.4) is 0 Å². The zero-order chi connectivity index (χ0) is 15.4. The maximum absolute atomic E-state index is 11.0. The van der Waals surface area contributed by atoms with Crippen molar-refractivity contribution in [1.29, 1.82) is 0 Å². The second kappa shape index (κ2) is 4.92. The van der Waals surface area contributed by atoms with E-state index in [0.717, 1.165) is 0 Å². The van der Waals surface area contributed by atoms with Gasteiger partial charge in [-0.25, -0.2) is 0 Å². The maximum Gasteiger partial charge on any atom is 0.215 e. The largest absolute Gasteiger partial charge is 0.384 e. The van der Waals surface area contributed by atoms with Crippen molar-refractivity contribution in [2.75, 3.05) is 0 Å². The van der Waals surface area contributed by atoms with Gasteiger partial charge in [0.15, 0.2) is 16.9 Å². The number of hydrogen-bond donors (Lipinski definition) is 5. The van der Waals surface area contributed by atoms with E-state index in [2.05, 4.69) is 20.9 Å². The predicted molar refractivity (Wildman–Crippen MR) is 78.8 cm³/mol. The van der Waals surface area contributed by atoms with Crippen molar-refractivity contribution in [3.8, 4) is 0 Å². The molecule has 2 aromatic rings. The van der Waals surface area contributed by atoms with Gasteiger partial charge < -0.3 is 30.1 Å². The molecule has 1 fully saturated rings. The molecule has 114 valence electrons. The van der Waals surface area contributed by atoms with Crippen molar-refractivity contribution < 1.29 is 25.2 Å². The number of ether oxygens (including phenoxy) is 1. The molecule has 3 rings (SSSR count). The summed E-state index contributed by atoms with van der Waals surface area (Å²) < 4.78 is 5.02. The highest BCUT2D eigenvalue weighted by Gasteiger charge is 2.68. The number of fused-ring (bicyclic) bond motifs is 1. The summed E-state index contributed by atoms with van der Waals surface area (Å²) in [5, 5.41) is 37.6. The fourth-order valence-corrected chi connectivity index (χ4v) is 3.47. The first-order valence-corrected chi connectivity index (χ1v) is 7.45. The van der Waals surface area contributed by atoms with Crippen LogP contribution in [0.25, 0.3) is 10.9 Å². The number of para-hydroxylation sites is 1. The minimum Gasteiger partial charge on any atom is -0.384 e. The summed E-state index contributed by atoms with van der Waals surface area (Å²) in [6, 6.07) is 7.05. The molecule has 0 bridgehead atoms. The van der Waals surface area contributed by atoms with E-state index in [1.165, 1.54) is 6.20 Å². The number of rotatable bonds is 2. The minimum atomic E-state index is -2.23. The van der Waals surface area contributed by atoms with Crippen LogP contribution in [0.15, 0.2) is 30.5 Å². The molecule has 0 radical (unpaired) electrons.